The Hall–Kier alpha value is -1.69. The molecule has 0 bridgehead atoms. The summed E-state index contributed by atoms with van der Waals surface area (Å²) in [6.45, 7) is 1.41. The lowest BCUT2D eigenvalue weighted by Gasteiger charge is -2.03. The number of hydrogen-bond acceptors (Lipinski definition) is 9. The van der Waals surface area contributed by atoms with Gasteiger partial charge < -0.3 is 10.6 Å². The first-order valence-corrected chi connectivity index (χ1v) is 10.9. The van der Waals surface area contributed by atoms with Crippen molar-refractivity contribution in [2.45, 2.75) is 15.6 Å². The topological polar surface area (TPSA) is 96.9 Å². The second-order valence-electron chi connectivity index (χ2n) is 4.76. The number of nitrogens with zero attached hydrogens (tertiary/aromatic N) is 3. The maximum atomic E-state index is 12.1. The highest BCUT2D eigenvalue weighted by Crippen LogP contribution is 2.30. The molecule has 2 N–H and O–H groups in total. The number of rotatable bonds is 6. The Morgan fingerprint density at radius 2 is 2.00 bits per heavy atom. The quantitative estimate of drug-likeness (QED) is 0.473. The number of hydrogen-bond donors (Lipinski definition) is 2. The van der Waals surface area contributed by atoms with Crippen molar-refractivity contribution in [3.05, 3.63) is 18.2 Å². The normalized spacial score (nSPS) is 10.8. The first-order chi connectivity index (χ1) is 12.0. The van der Waals surface area contributed by atoms with E-state index in [9.17, 15) is 9.59 Å². The summed E-state index contributed by atoms with van der Waals surface area (Å²) >= 11 is 5.72. The van der Waals surface area contributed by atoms with Crippen LogP contribution in [0.25, 0.3) is 10.2 Å². The minimum atomic E-state index is -0.200. The second-order valence-corrected chi connectivity index (χ2v) is 9.04. The van der Waals surface area contributed by atoms with Crippen LogP contribution in [0.4, 0.5) is 10.8 Å². The summed E-state index contributed by atoms with van der Waals surface area (Å²) in [5.74, 6) is -0.116. The molecular formula is C14H13N5O2S4. The maximum absolute atomic E-state index is 12.1. The predicted octanol–water partition coefficient (Wildman–Crippen LogP) is 3.56. The van der Waals surface area contributed by atoms with Gasteiger partial charge in [0.2, 0.25) is 16.9 Å². The van der Waals surface area contributed by atoms with Crippen LogP contribution in [0.3, 0.4) is 0 Å². The van der Waals surface area contributed by atoms with Gasteiger partial charge in [-0.3, -0.25) is 9.59 Å². The average molecular weight is 412 g/mol. The van der Waals surface area contributed by atoms with Crippen molar-refractivity contribution in [1.29, 1.82) is 0 Å². The van der Waals surface area contributed by atoms with E-state index in [-0.39, 0.29) is 17.6 Å². The largest absolute Gasteiger partial charge is 0.325 e. The Labute approximate surface area is 160 Å². The Bertz CT molecular complexity index is 923. The van der Waals surface area contributed by atoms with Gasteiger partial charge in [0.25, 0.3) is 0 Å². The van der Waals surface area contributed by atoms with Crippen LogP contribution in [0, 0.1) is 0 Å². The zero-order chi connectivity index (χ0) is 17.8. The van der Waals surface area contributed by atoms with Gasteiger partial charge in [0.05, 0.1) is 16.0 Å². The lowest BCUT2D eigenvalue weighted by Crippen LogP contribution is -2.13. The Morgan fingerprint density at radius 1 is 1.16 bits per heavy atom. The number of carbonyl (C=O) groups is 2. The highest BCUT2D eigenvalue weighted by molar-refractivity contribution is 8.01. The number of thioether (sulfide) groups is 2. The van der Waals surface area contributed by atoms with Gasteiger partial charge in [-0.05, 0) is 24.5 Å². The van der Waals surface area contributed by atoms with Crippen LogP contribution >= 0.6 is 46.2 Å². The van der Waals surface area contributed by atoms with E-state index in [2.05, 4.69) is 25.8 Å². The van der Waals surface area contributed by atoms with Gasteiger partial charge in [0.1, 0.15) is 0 Å². The third-order valence-corrected chi connectivity index (χ3v) is 6.82. The monoisotopic (exact) mass is 411 g/mol. The van der Waals surface area contributed by atoms with Gasteiger partial charge in [0.15, 0.2) is 8.68 Å². The minimum Gasteiger partial charge on any atom is -0.325 e. The fourth-order valence-corrected chi connectivity index (χ4v) is 4.99. The van der Waals surface area contributed by atoms with E-state index in [1.165, 1.54) is 30.0 Å². The molecule has 0 unspecified atom stereocenters. The molecule has 7 nitrogen and oxygen atoms in total. The van der Waals surface area contributed by atoms with Crippen LogP contribution in [0.2, 0.25) is 0 Å². The number of anilines is 2. The molecule has 2 amide bonds. The summed E-state index contributed by atoms with van der Waals surface area (Å²) in [5.41, 5.74) is 1.67. The van der Waals surface area contributed by atoms with Crippen molar-refractivity contribution >= 4 is 79.0 Å². The highest BCUT2D eigenvalue weighted by Gasteiger charge is 2.10. The molecule has 2 heterocycles. The van der Waals surface area contributed by atoms with Crippen molar-refractivity contribution < 1.29 is 9.59 Å². The molecular weight excluding hydrogens is 398 g/mol. The third kappa shape index (κ3) is 4.91. The second kappa shape index (κ2) is 8.13. The number of thiazole rings is 1. The molecule has 0 atom stereocenters. The van der Waals surface area contributed by atoms with Gasteiger partial charge >= 0.3 is 0 Å². The van der Waals surface area contributed by atoms with Crippen molar-refractivity contribution in [1.82, 2.24) is 15.2 Å². The van der Waals surface area contributed by atoms with Crippen LogP contribution in [0.5, 0.6) is 0 Å². The first-order valence-electron chi connectivity index (χ1n) is 7.02. The number of amides is 2. The van der Waals surface area contributed by atoms with Crippen LogP contribution in [0.15, 0.2) is 26.9 Å². The number of fused-ring (bicyclic) bond motifs is 1. The highest BCUT2D eigenvalue weighted by atomic mass is 32.2. The van der Waals surface area contributed by atoms with E-state index < -0.39 is 0 Å². The molecule has 0 aliphatic heterocycles. The summed E-state index contributed by atoms with van der Waals surface area (Å²) < 4.78 is 2.67. The van der Waals surface area contributed by atoms with Crippen LogP contribution < -0.4 is 10.6 Å². The van der Waals surface area contributed by atoms with E-state index >= 15 is 0 Å². The molecule has 130 valence electrons. The van der Waals surface area contributed by atoms with E-state index in [0.29, 0.717) is 9.47 Å². The van der Waals surface area contributed by atoms with E-state index in [0.717, 1.165) is 20.2 Å². The summed E-state index contributed by atoms with van der Waals surface area (Å²) in [5, 5.41) is 13.6. The fraction of sp³-hybridized carbons (Fsp3) is 0.214. The standard InChI is InChI=1S/C14H13N5O2S4/c1-7(20)15-12-18-19-14(25-12)23-6-11(21)16-8-3-4-9-10(5-8)24-13(17-9)22-2/h3-5H,6H2,1-2H3,(H,16,21)(H,15,18,20). The third-order valence-electron chi connectivity index (χ3n) is 2.84. The first kappa shape index (κ1) is 18.1. The molecule has 0 saturated carbocycles. The van der Waals surface area contributed by atoms with Gasteiger partial charge in [-0.1, -0.05) is 34.9 Å². The number of carbonyl (C=O) groups excluding carboxylic acids is 2. The van der Waals surface area contributed by atoms with Crippen LogP contribution in [0.1, 0.15) is 6.92 Å². The molecule has 3 aromatic rings. The molecule has 0 spiro atoms. The summed E-state index contributed by atoms with van der Waals surface area (Å²) in [6, 6.07) is 5.67. The van der Waals surface area contributed by atoms with E-state index in [4.69, 9.17) is 0 Å². The Kier molecular flexibility index (Phi) is 5.89. The number of benzene rings is 1. The predicted molar refractivity (Wildman–Crippen MR) is 105 cm³/mol. The molecule has 3 rings (SSSR count). The maximum Gasteiger partial charge on any atom is 0.234 e. The average Bonchev–Trinajstić information content (AvgIpc) is 3.18. The van der Waals surface area contributed by atoms with Crippen molar-refractivity contribution in [2.24, 2.45) is 0 Å². The smallest absolute Gasteiger partial charge is 0.234 e. The molecule has 11 heteroatoms. The Balaban J connectivity index is 1.57. The van der Waals surface area contributed by atoms with Crippen molar-refractivity contribution in [3.63, 3.8) is 0 Å². The summed E-state index contributed by atoms with van der Waals surface area (Å²) in [6.07, 6.45) is 1.99. The molecule has 0 saturated heterocycles. The van der Waals surface area contributed by atoms with Crippen LogP contribution in [-0.4, -0.2) is 39.0 Å². The van der Waals surface area contributed by atoms with Gasteiger partial charge in [-0.2, -0.15) is 0 Å². The summed E-state index contributed by atoms with van der Waals surface area (Å²) in [7, 11) is 0. The molecule has 2 aromatic heterocycles. The summed E-state index contributed by atoms with van der Waals surface area (Å²) in [4.78, 5) is 27.5. The minimum absolute atomic E-state index is 0.129. The number of nitrogens with one attached hydrogen (secondary N) is 2. The molecule has 0 aliphatic rings. The number of aromatic nitrogens is 3. The van der Waals surface area contributed by atoms with Gasteiger partial charge in [-0.15, -0.1) is 21.5 Å². The molecule has 0 radical (unpaired) electrons. The van der Waals surface area contributed by atoms with Gasteiger partial charge in [-0.25, -0.2) is 4.98 Å². The SMILES string of the molecule is CSc1nc2ccc(NC(=O)CSc3nnc(NC(C)=O)s3)cc2s1. The van der Waals surface area contributed by atoms with Crippen molar-refractivity contribution in [2.75, 3.05) is 22.6 Å². The van der Waals surface area contributed by atoms with Gasteiger partial charge in [0, 0.05) is 12.6 Å². The zero-order valence-corrected chi connectivity index (χ0v) is 16.5. The molecule has 25 heavy (non-hydrogen) atoms. The lowest BCUT2D eigenvalue weighted by molar-refractivity contribution is -0.114. The van der Waals surface area contributed by atoms with Crippen molar-refractivity contribution in [3.8, 4) is 0 Å². The fourth-order valence-electron chi connectivity index (χ4n) is 1.86. The zero-order valence-electron chi connectivity index (χ0n) is 13.2. The van der Waals surface area contributed by atoms with E-state index in [1.54, 1.807) is 23.1 Å². The molecule has 1 aromatic carbocycles. The lowest BCUT2D eigenvalue weighted by atomic mass is 10.3. The molecule has 0 aliphatic carbocycles. The molecule has 0 fully saturated rings. The van der Waals surface area contributed by atoms with E-state index in [1.807, 2.05) is 24.5 Å². The van der Waals surface area contributed by atoms with Crippen LogP contribution in [-0.2, 0) is 9.59 Å². The Morgan fingerprint density at radius 3 is 2.76 bits per heavy atom.